The van der Waals surface area contributed by atoms with Gasteiger partial charge in [-0.25, -0.2) is 0 Å². The number of amides is 1. The Hall–Kier alpha value is -2.46. The van der Waals surface area contributed by atoms with Gasteiger partial charge in [0.05, 0.1) is 0 Å². The van der Waals surface area contributed by atoms with E-state index in [-0.39, 0.29) is 17.7 Å². The minimum atomic E-state index is -0.0256. The fourth-order valence-corrected chi connectivity index (χ4v) is 4.40. The predicted molar refractivity (Wildman–Crippen MR) is 123 cm³/mol. The van der Waals surface area contributed by atoms with Gasteiger partial charge in [0.25, 0.3) is 5.91 Å². The number of hydrogen-bond acceptors (Lipinski definition) is 3. The van der Waals surface area contributed by atoms with Crippen molar-refractivity contribution in [2.45, 2.75) is 65.0 Å². The minimum absolute atomic E-state index is 0.00717. The lowest BCUT2D eigenvalue weighted by molar-refractivity contribution is 0.0976. The summed E-state index contributed by atoms with van der Waals surface area (Å²) < 4.78 is 0. The highest BCUT2D eigenvalue weighted by Crippen LogP contribution is 2.28. The molecule has 1 saturated heterocycles. The van der Waals surface area contributed by atoms with Gasteiger partial charge in [-0.15, -0.1) is 0 Å². The van der Waals surface area contributed by atoms with Crippen LogP contribution in [0.25, 0.3) is 0 Å². The predicted octanol–water partition coefficient (Wildman–Crippen LogP) is 5.36. The molecule has 4 nitrogen and oxygen atoms in total. The first-order valence-electron chi connectivity index (χ1n) is 11.1. The average Bonchev–Trinajstić information content (AvgIpc) is 2.74. The maximum Gasteiger partial charge on any atom is 0.258 e. The Morgan fingerprint density at radius 1 is 1.03 bits per heavy atom. The van der Waals surface area contributed by atoms with Crippen LogP contribution in [-0.2, 0) is 6.42 Å². The number of rotatable bonds is 7. The van der Waals surface area contributed by atoms with Crippen molar-refractivity contribution in [3.8, 4) is 0 Å². The molecule has 160 valence electrons. The highest BCUT2D eigenvalue weighted by molar-refractivity contribution is 6.07. The lowest BCUT2D eigenvalue weighted by Crippen LogP contribution is -2.38. The Bertz CT molecular complexity index is 873. The zero-order chi connectivity index (χ0) is 21.7. The quantitative estimate of drug-likeness (QED) is 0.581. The molecule has 3 rings (SSSR count). The zero-order valence-electron chi connectivity index (χ0n) is 18.7. The molecule has 0 bridgehead atoms. The van der Waals surface area contributed by atoms with Crippen molar-refractivity contribution in [3.05, 3.63) is 65.2 Å². The molecule has 1 amide bonds. The van der Waals surface area contributed by atoms with Crippen LogP contribution in [0.2, 0.25) is 0 Å². The number of likely N-dealkylation sites (tertiary alicyclic amines) is 1. The molecule has 2 aromatic rings. The summed E-state index contributed by atoms with van der Waals surface area (Å²) in [7, 11) is 2.23. The fraction of sp³-hybridized carbons (Fsp3) is 0.462. The smallest absolute Gasteiger partial charge is 0.258 e. The SMILES string of the molecule is CC(=O)c1ccc(C(=O)N(c2ccccc2CCC2CCCCN2C)C(C)C)cc1. The van der Waals surface area contributed by atoms with Crippen molar-refractivity contribution in [1.82, 2.24) is 4.90 Å². The van der Waals surface area contributed by atoms with Gasteiger partial charge in [0.1, 0.15) is 0 Å². The summed E-state index contributed by atoms with van der Waals surface area (Å²) in [5, 5.41) is 0. The molecule has 0 aromatic heterocycles. The van der Waals surface area contributed by atoms with Crippen LogP contribution < -0.4 is 4.90 Å². The Morgan fingerprint density at radius 2 is 1.70 bits per heavy atom. The first kappa shape index (κ1) is 22.2. The van der Waals surface area contributed by atoms with E-state index in [4.69, 9.17) is 0 Å². The molecule has 1 atom stereocenters. The average molecular weight is 407 g/mol. The molecule has 0 spiro atoms. The van der Waals surface area contributed by atoms with Gasteiger partial charge in [0.15, 0.2) is 5.78 Å². The van der Waals surface area contributed by atoms with Crippen LogP contribution in [0.15, 0.2) is 48.5 Å². The number of anilines is 1. The molecule has 1 unspecified atom stereocenters. The van der Waals surface area contributed by atoms with Crippen molar-refractivity contribution in [2.75, 3.05) is 18.5 Å². The lowest BCUT2D eigenvalue weighted by atomic mass is 9.95. The topological polar surface area (TPSA) is 40.6 Å². The van der Waals surface area contributed by atoms with Crippen molar-refractivity contribution < 1.29 is 9.59 Å². The Kier molecular flexibility index (Phi) is 7.43. The summed E-state index contributed by atoms with van der Waals surface area (Å²) in [5.74, 6) is -0.0184. The van der Waals surface area contributed by atoms with E-state index < -0.39 is 0 Å². The lowest BCUT2D eigenvalue weighted by Gasteiger charge is -2.33. The number of nitrogens with zero attached hydrogens (tertiary/aromatic N) is 2. The second-order valence-electron chi connectivity index (χ2n) is 8.70. The van der Waals surface area contributed by atoms with Gasteiger partial charge in [-0.05, 0) is 83.8 Å². The van der Waals surface area contributed by atoms with Crippen LogP contribution in [-0.4, -0.2) is 42.3 Å². The van der Waals surface area contributed by atoms with Gasteiger partial charge >= 0.3 is 0 Å². The third-order valence-corrected chi connectivity index (χ3v) is 6.19. The Labute approximate surface area is 180 Å². The van der Waals surface area contributed by atoms with Crippen molar-refractivity contribution in [3.63, 3.8) is 0 Å². The van der Waals surface area contributed by atoms with E-state index in [1.807, 2.05) is 24.8 Å². The Morgan fingerprint density at radius 3 is 2.33 bits per heavy atom. The monoisotopic (exact) mass is 406 g/mol. The normalized spacial score (nSPS) is 17.2. The van der Waals surface area contributed by atoms with Crippen LogP contribution >= 0.6 is 0 Å². The van der Waals surface area contributed by atoms with Crippen molar-refractivity contribution in [2.24, 2.45) is 0 Å². The number of hydrogen-bond donors (Lipinski definition) is 0. The van der Waals surface area contributed by atoms with Gasteiger partial charge in [0, 0.05) is 28.9 Å². The van der Waals surface area contributed by atoms with Crippen LogP contribution in [0.5, 0.6) is 0 Å². The van der Waals surface area contributed by atoms with Crippen LogP contribution in [0, 0.1) is 0 Å². The second-order valence-corrected chi connectivity index (χ2v) is 8.70. The third-order valence-electron chi connectivity index (χ3n) is 6.19. The molecule has 1 aliphatic heterocycles. The number of benzene rings is 2. The molecule has 30 heavy (non-hydrogen) atoms. The molecular weight excluding hydrogens is 372 g/mol. The number of carbonyl (C=O) groups is 2. The first-order valence-corrected chi connectivity index (χ1v) is 11.1. The first-order chi connectivity index (χ1) is 14.4. The van der Waals surface area contributed by atoms with Crippen LogP contribution in [0.4, 0.5) is 5.69 Å². The fourth-order valence-electron chi connectivity index (χ4n) is 4.40. The van der Waals surface area contributed by atoms with Gasteiger partial charge < -0.3 is 9.80 Å². The summed E-state index contributed by atoms with van der Waals surface area (Å²) in [4.78, 5) is 29.3. The molecule has 1 fully saturated rings. The highest BCUT2D eigenvalue weighted by Gasteiger charge is 2.24. The van der Waals surface area contributed by atoms with E-state index in [2.05, 4.69) is 30.1 Å². The third kappa shape index (κ3) is 5.17. The van der Waals surface area contributed by atoms with E-state index in [9.17, 15) is 9.59 Å². The minimum Gasteiger partial charge on any atom is -0.306 e. The summed E-state index contributed by atoms with van der Waals surface area (Å²) in [6, 6.07) is 15.9. The van der Waals surface area contributed by atoms with Gasteiger partial charge in [-0.2, -0.15) is 0 Å². The molecule has 0 radical (unpaired) electrons. The van der Waals surface area contributed by atoms with E-state index in [0.29, 0.717) is 17.2 Å². The van der Waals surface area contributed by atoms with E-state index in [0.717, 1.165) is 18.5 Å². The van der Waals surface area contributed by atoms with E-state index >= 15 is 0 Å². The maximum atomic E-state index is 13.4. The zero-order valence-corrected chi connectivity index (χ0v) is 18.7. The van der Waals surface area contributed by atoms with E-state index in [1.54, 1.807) is 24.3 Å². The number of aryl methyl sites for hydroxylation is 1. The summed E-state index contributed by atoms with van der Waals surface area (Å²) >= 11 is 0. The molecule has 0 aliphatic carbocycles. The summed E-state index contributed by atoms with van der Waals surface area (Å²) in [5.41, 5.74) is 3.45. The molecule has 2 aromatic carbocycles. The van der Waals surface area contributed by atoms with Crippen molar-refractivity contribution >= 4 is 17.4 Å². The molecule has 0 N–H and O–H groups in total. The van der Waals surface area contributed by atoms with Gasteiger partial charge in [0.2, 0.25) is 0 Å². The summed E-state index contributed by atoms with van der Waals surface area (Å²) in [6.07, 6.45) is 5.94. The summed E-state index contributed by atoms with van der Waals surface area (Å²) in [6.45, 7) is 6.82. The van der Waals surface area contributed by atoms with Crippen LogP contribution in [0.1, 0.15) is 72.7 Å². The second kappa shape index (κ2) is 10.0. The maximum absolute atomic E-state index is 13.4. The molecule has 4 heteroatoms. The highest BCUT2D eigenvalue weighted by atomic mass is 16.2. The number of Topliss-reactive ketones (excluding diaryl/α,β-unsaturated/α-hetero) is 1. The standard InChI is InChI=1S/C26H34N2O2/c1-19(2)28(26(30)23-14-12-21(13-15-23)20(3)29)25-11-6-5-9-22(25)16-17-24-10-7-8-18-27(24)4/h5-6,9,11-15,19,24H,7-8,10,16-18H2,1-4H3. The number of para-hydroxylation sites is 1. The molecule has 1 heterocycles. The largest absolute Gasteiger partial charge is 0.306 e. The number of ketones is 1. The molecular formula is C26H34N2O2. The molecule has 1 aliphatic rings. The van der Waals surface area contributed by atoms with Gasteiger partial charge in [-0.1, -0.05) is 36.8 Å². The Balaban J connectivity index is 1.83. The van der Waals surface area contributed by atoms with Crippen LogP contribution in [0.3, 0.4) is 0 Å². The molecule has 0 saturated carbocycles. The van der Waals surface area contributed by atoms with E-state index in [1.165, 1.54) is 38.3 Å². The number of carbonyl (C=O) groups excluding carboxylic acids is 2. The van der Waals surface area contributed by atoms with Gasteiger partial charge in [-0.3, -0.25) is 9.59 Å². The number of piperidine rings is 1. The van der Waals surface area contributed by atoms with Crippen molar-refractivity contribution in [1.29, 1.82) is 0 Å².